The summed E-state index contributed by atoms with van der Waals surface area (Å²) >= 11 is 6.34. The monoisotopic (exact) mass is 252 g/mol. The molecule has 0 aromatic heterocycles. The van der Waals surface area contributed by atoms with Crippen molar-refractivity contribution >= 4 is 17.3 Å². The summed E-state index contributed by atoms with van der Waals surface area (Å²) in [6.45, 7) is 7.37. The van der Waals surface area contributed by atoms with Crippen LogP contribution in [-0.4, -0.2) is 13.1 Å². The molecule has 0 radical (unpaired) electrons. The Labute approximate surface area is 109 Å². The lowest BCUT2D eigenvalue weighted by Crippen LogP contribution is -2.40. The minimum absolute atomic E-state index is 0.383. The first-order valence-electron chi connectivity index (χ1n) is 6.25. The molecular weight excluding hydrogens is 232 g/mol. The lowest BCUT2D eigenvalue weighted by atomic mass is 9.84. The number of nitrogens with two attached hydrogens (primary N) is 1. The summed E-state index contributed by atoms with van der Waals surface area (Å²) in [5.41, 5.74) is 8.24. The molecule has 0 saturated carbocycles. The molecule has 1 aromatic rings. The molecule has 94 valence electrons. The number of benzene rings is 1. The number of anilines is 1. The Balaban J connectivity index is 2.22. The first-order chi connectivity index (χ1) is 8.02. The van der Waals surface area contributed by atoms with Crippen LogP contribution in [0.1, 0.15) is 32.3 Å². The molecule has 3 heteroatoms. The third kappa shape index (κ3) is 2.93. The standard InChI is InChI=1S/C14H21ClN2/c1-14(2)6-3-7-17(10-14)13-5-4-11(9-16)8-12(13)15/h4-5,8H,3,6-7,9-10,16H2,1-2H3. The second-order valence-corrected chi connectivity index (χ2v) is 6.09. The molecule has 0 amide bonds. The minimum Gasteiger partial charge on any atom is -0.370 e. The fraction of sp³-hybridized carbons (Fsp3) is 0.571. The van der Waals surface area contributed by atoms with E-state index in [9.17, 15) is 0 Å². The minimum atomic E-state index is 0.383. The van der Waals surface area contributed by atoms with Gasteiger partial charge < -0.3 is 10.6 Å². The van der Waals surface area contributed by atoms with Crippen LogP contribution < -0.4 is 10.6 Å². The first-order valence-corrected chi connectivity index (χ1v) is 6.63. The average Bonchev–Trinajstić information content (AvgIpc) is 2.27. The average molecular weight is 253 g/mol. The van der Waals surface area contributed by atoms with E-state index in [0.717, 1.165) is 29.4 Å². The number of hydrogen-bond acceptors (Lipinski definition) is 2. The van der Waals surface area contributed by atoms with Crippen molar-refractivity contribution in [1.82, 2.24) is 0 Å². The zero-order valence-electron chi connectivity index (χ0n) is 10.7. The van der Waals surface area contributed by atoms with Crippen molar-refractivity contribution in [2.75, 3.05) is 18.0 Å². The van der Waals surface area contributed by atoms with Crippen molar-refractivity contribution in [3.63, 3.8) is 0 Å². The lowest BCUT2D eigenvalue weighted by Gasteiger charge is -2.39. The molecule has 0 bridgehead atoms. The maximum absolute atomic E-state index is 6.34. The summed E-state index contributed by atoms with van der Waals surface area (Å²) in [5, 5.41) is 0.825. The summed E-state index contributed by atoms with van der Waals surface area (Å²) in [7, 11) is 0. The highest BCUT2D eigenvalue weighted by molar-refractivity contribution is 6.33. The Bertz CT molecular complexity index is 401. The molecule has 17 heavy (non-hydrogen) atoms. The van der Waals surface area contributed by atoms with Gasteiger partial charge in [-0.05, 0) is 36.0 Å². The van der Waals surface area contributed by atoms with Crippen LogP contribution in [0.15, 0.2) is 18.2 Å². The smallest absolute Gasteiger partial charge is 0.0642 e. The highest BCUT2D eigenvalue weighted by Crippen LogP contribution is 2.35. The van der Waals surface area contributed by atoms with Gasteiger partial charge in [0.05, 0.1) is 10.7 Å². The van der Waals surface area contributed by atoms with Crippen LogP contribution in [0.25, 0.3) is 0 Å². The second-order valence-electron chi connectivity index (χ2n) is 5.68. The summed E-state index contributed by atoms with van der Waals surface area (Å²) in [5.74, 6) is 0. The number of piperidine rings is 1. The van der Waals surface area contributed by atoms with Crippen LogP contribution in [0.2, 0.25) is 5.02 Å². The summed E-state index contributed by atoms with van der Waals surface area (Å²) in [6, 6.07) is 6.16. The molecule has 2 rings (SSSR count). The van der Waals surface area contributed by atoms with Gasteiger partial charge in [-0.1, -0.05) is 31.5 Å². The van der Waals surface area contributed by atoms with E-state index in [0.29, 0.717) is 12.0 Å². The Kier molecular flexibility index (Phi) is 3.64. The Morgan fingerprint density at radius 3 is 2.76 bits per heavy atom. The van der Waals surface area contributed by atoms with Crippen LogP contribution in [0.3, 0.4) is 0 Å². The molecule has 1 saturated heterocycles. The van der Waals surface area contributed by atoms with E-state index < -0.39 is 0 Å². The van der Waals surface area contributed by atoms with Gasteiger partial charge in [0.15, 0.2) is 0 Å². The molecule has 2 N–H and O–H groups in total. The van der Waals surface area contributed by atoms with Gasteiger partial charge in [-0.3, -0.25) is 0 Å². The molecule has 2 nitrogen and oxygen atoms in total. The Morgan fingerprint density at radius 2 is 2.18 bits per heavy atom. The van der Waals surface area contributed by atoms with E-state index >= 15 is 0 Å². The van der Waals surface area contributed by atoms with E-state index in [1.165, 1.54) is 12.8 Å². The number of halogens is 1. The SMILES string of the molecule is CC1(C)CCCN(c2ccc(CN)cc2Cl)C1. The Morgan fingerprint density at radius 1 is 1.41 bits per heavy atom. The summed E-state index contributed by atoms with van der Waals surface area (Å²) in [6.07, 6.45) is 2.53. The number of hydrogen-bond donors (Lipinski definition) is 1. The topological polar surface area (TPSA) is 29.3 Å². The van der Waals surface area contributed by atoms with Crippen LogP contribution in [0.5, 0.6) is 0 Å². The molecule has 0 spiro atoms. The van der Waals surface area contributed by atoms with Gasteiger partial charge in [0.25, 0.3) is 0 Å². The van der Waals surface area contributed by atoms with Crippen molar-refractivity contribution < 1.29 is 0 Å². The molecule has 1 aliphatic heterocycles. The quantitative estimate of drug-likeness (QED) is 0.874. The maximum atomic E-state index is 6.34. The van der Waals surface area contributed by atoms with Crippen molar-refractivity contribution in [2.45, 2.75) is 33.2 Å². The largest absolute Gasteiger partial charge is 0.370 e. The molecule has 0 unspecified atom stereocenters. The Hall–Kier alpha value is -0.730. The second kappa shape index (κ2) is 4.87. The summed E-state index contributed by atoms with van der Waals surface area (Å²) < 4.78 is 0. The van der Waals surface area contributed by atoms with E-state index in [4.69, 9.17) is 17.3 Å². The zero-order chi connectivity index (χ0) is 12.5. The molecular formula is C14H21ClN2. The first kappa shape index (κ1) is 12.7. The van der Waals surface area contributed by atoms with Gasteiger partial charge in [-0.15, -0.1) is 0 Å². The van der Waals surface area contributed by atoms with Crippen molar-refractivity contribution in [1.29, 1.82) is 0 Å². The van der Waals surface area contributed by atoms with Crippen molar-refractivity contribution in [2.24, 2.45) is 11.1 Å². The van der Waals surface area contributed by atoms with E-state index in [1.807, 2.05) is 6.07 Å². The number of rotatable bonds is 2. The van der Waals surface area contributed by atoms with Gasteiger partial charge >= 0.3 is 0 Å². The van der Waals surface area contributed by atoms with E-state index in [1.54, 1.807) is 0 Å². The number of nitrogens with zero attached hydrogens (tertiary/aromatic N) is 1. The molecule has 0 atom stereocenters. The van der Waals surface area contributed by atoms with Crippen molar-refractivity contribution in [3.05, 3.63) is 28.8 Å². The predicted octanol–water partition coefficient (Wildman–Crippen LogP) is 3.43. The third-order valence-corrected chi connectivity index (χ3v) is 3.79. The molecule has 0 aliphatic carbocycles. The van der Waals surface area contributed by atoms with E-state index in [-0.39, 0.29) is 0 Å². The lowest BCUT2D eigenvalue weighted by molar-refractivity contribution is 0.293. The van der Waals surface area contributed by atoms with Gasteiger partial charge in [0, 0.05) is 19.6 Å². The molecule has 1 heterocycles. The predicted molar refractivity (Wildman–Crippen MR) is 74.6 cm³/mol. The molecule has 1 aliphatic rings. The highest BCUT2D eigenvalue weighted by atomic mass is 35.5. The van der Waals surface area contributed by atoms with Gasteiger partial charge in [-0.2, -0.15) is 0 Å². The zero-order valence-corrected chi connectivity index (χ0v) is 11.4. The maximum Gasteiger partial charge on any atom is 0.0642 e. The third-order valence-electron chi connectivity index (χ3n) is 3.49. The van der Waals surface area contributed by atoms with Crippen LogP contribution in [-0.2, 0) is 6.54 Å². The molecule has 1 aromatic carbocycles. The summed E-state index contributed by atoms with van der Waals surface area (Å²) in [4.78, 5) is 2.39. The normalized spacial score (nSPS) is 19.4. The fourth-order valence-electron chi connectivity index (χ4n) is 2.56. The van der Waals surface area contributed by atoms with Gasteiger partial charge in [0.2, 0.25) is 0 Å². The fourth-order valence-corrected chi connectivity index (χ4v) is 2.89. The van der Waals surface area contributed by atoms with Crippen LogP contribution >= 0.6 is 11.6 Å². The van der Waals surface area contributed by atoms with E-state index in [2.05, 4.69) is 30.9 Å². The van der Waals surface area contributed by atoms with Gasteiger partial charge in [0.1, 0.15) is 0 Å². The molecule has 1 fully saturated rings. The van der Waals surface area contributed by atoms with Crippen molar-refractivity contribution in [3.8, 4) is 0 Å². The van der Waals surface area contributed by atoms with Crippen LogP contribution in [0, 0.1) is 5.41 Å². The highest BCUT2D eigenvalue weighted by Gasteiger charge is 2.27. The van der Waals surface area contributed by atoms with Crippen LogP contribution in [0.4, 0.5) is 5.69 Å². The van der Waals surface area contributed by atoms with Gasteiger partial charge in [-0.25, -0.2) is 0 Å².